The van der Waals surface area contributed by atoms with Gasteiger partial charge in [0, 0.05) is 19.3 Å². The van der Waals surface area contributed by atoms with E-state index in [-0.39, 0.29) is 6.04 Å². The molecule has 1 spiro atoms. The zero-order chi connectivity index (χ0) is 14.0. The Morgan fingerprint density at radius 1 is 1.35 bits per heavy atom. The lowest BCUT2D eigenvalue weighted by molar-refractivity contribution is 0.232. The van der Waals surface area contributed by atoms with Crippen LogP contribution in [0.2, 0.25) is 0 Å². The molecule has 1 saturated carbocycles. The van der Waals surface area contributed by atoms with Crippen LogP contribution in [-0.4, -0.2) is 32.2 Å². The van der Waals surface area contributed by atoms with Crippen molar-refractivity contribution in [2.45, 2.75) is 45.1 Å². The SMILES string of the molecule is CC(NC1=NCC2(CCCCC2)CS1)c1nncn1C. The average molecular weight is 293 g/mol. The molecule has 0 radical (unpaired) electrons. The van der Waals surface area contributed by atoms with Gasteiger partial charge in [-0.3, -0.25) is 4.99 Å². The van der Waals surface area contributed by atoms with E-state index in [0.29, 0.717) is 5.41 Å². The van der Waals surface area contributed by atoms with Gasteiger partial charge in [0.1, 0.15) is 6.33 Å². The van der Waals surface area contributed by atoms with Crippen molar-refractivity contribution in [1.29, 1.82) is 0 Å². The summed E-state index contributed by atoms with van der Waals surface area (Å²) >= 11 is 1.88. The molecule has 1 atom stereocenters. The van der Waals surface area contributed by atoms with E-state index in [1.54, 1.807) is 6.33 Å². The summed E-state index contributed by atoms with van der Waals surface area (Å²) in [7, 11) is 1.97. The van der Waals surface area contributed by atoms with Gasteiger partial charge in [0.25, 0.3) is 0 Å². The number of hydrogen-bond acceptors (Lipinski definition) is 5. The molecule has 1 aromatic rings. The lowest BCUT2D eigenvalue weighted by atomic mass is 9.75. The number of aliphatic imine (C=N–C) groups is 1. The summed E-state index contributed by atoms with van der Waals surface area (Å²) in [5.41, 5.74) is 0.488. The number of thioether (sulfide) groups is 1. The van der Waals surface area contributed by atoms with E-state index < -0.39 is 0 Å². The molecule has 5 nitrogen and oxygen atoms in total. The fraction of sp³-hybridized carbons (Fsp3) is 0.786. The Labute approximate surface area is 124 Å². The highest BCUT2D eigenvalue weighted by atomic mass is 32.2. The molecule has 0 amide bonds. The first-order valence-corrected chi connectivity index (χ1v) is 8.45. The van der Waals surface area contributed by atoms with Gasteiger partial charge in [0.2, 0.25) is 0 Å². The molecule has 1 aromatic heterocycles. The van der Waals surface area contributed by atoms with E-state index >= 15 is 0 Å². The second kappa shape index (κ2) is 5.76. The minimum absolute atomic E-state index is 0.147. The van der Waals surface area contributed by atoms with Gasteiger partial charge in [-0.2, -0.15) is 0 Å². The Kier molecular flexibility index (Phi) is 4.01. The first-order valence-electron chi connectivity index (χ1n) is 7.46. The highest BCUT2D eigenvalue weighted by Crippen LogP contribution is 2.41. The van der Waals surface area contributed by atoms with Gasteiger partial charge in [0.05, 0.1) is 6.04 Å². The Hall–Kier alpha value is -1.04. The lowest BCUT2D eigenvalue weighted by Gasteiger charge is -2.38. The number of aromatic nitrogens is 3. The maximum atomic E-state index is 4.80. The van der Waals surface area contributed by atoms with Crippen molar-refractivity contribution in [2.75, 3.05) is 12.3 Å². The van der Waals surface area contributed by atoms with Crippen LogP contribution in [-0.2, 0) is 7.05 Å². The molecular weight excluding hydrogens is 270 g/mol. The first kappa shape index (κ1) is 13.9. The maximum Gasteiger partial charge on any atom is 0.157 e. The molecular formula is C14H23N5S. The fourth-order valence-electron chi connectivity index (χ4n) is 3.18. The fourth-order valence-corrected chi connectivity index (χ4v) is 4.42. The molecule has 2 aliphatic rings. The number of nitrogens with one attached hydrogen (secondary N) is 1. The minimum atomic E-state index is 0.147. The molecule has 6 heteroatoms. The zero-order valence-electron chi connectivity index (χ0n) is 12.3. The molecule has 1 N–H and O–H groups in total. The van der Waals surface area contributed by atoms with Crippen LogP contribution >= 0.6 is 11.8 Å². The predicted molar refractivity (Wildman–Crippen MR) is 82.8 cm³/mol. The number of amidine groups is 1. The van der Waals surface area contributed by atoms with Crippen molar-refractivity contribution in [2.24, 2.45) is 17.5 Å². The number of nitrogens with zero attached hydrogens (tertiary/aromatic N) is 4. The van der Waals surface area contributed by atoms with Crippen molar-refractivity contribution in [3.8, 4) is 0 Å². The van der Waals surface area contributed by atoms with Crippen LogP contribution in [0.25, 0.3) is 0 Å². The van der Waals surface area contributed by atoms with E-state index in [1.165, 1.54) is 37.9 Å². The Morgan fingerprint density at radius 3 is 2.75 bits per heavy atom. The van der Waals surface area contributed by atoms with Gasteiger partial charge < -0.3 is 9.88 Å². The standard InChI is InChI=1S/C14H23N5S/c1-11(12-18-16-10-19(12)2)17-13-15-8-14(9-20-13)6-4-3-5-7-14/h10-11H,3-9H2,1-2H3,(H,15,17). The summed E-state index contributed by atoms with van der Waals surface area (Å²) < 4.78 is 1.95. The van der Waals surface area contributed by atoms with Crippen LogP contribution in [0.1, 0.15) is 50.9 Å². The molecule has 1 fully saturated rings. The predicted octanol–water partition coefficient (Wildman–Crippen LogP) is 2.52. The number of aryl methyl sites for hydroxylation is 1. The summed E-state index contributed by atoms with van der Waals surface area (Å²) in [6.07, 6.45) is 8.62. The van der Waals surface area contributed by atoms with Gasteiger partial charge in [-0.25, -0.2) is 0 Å². The molecule has 110 valence electrons. The molecule has 3 rings (SSSR count). The molecule has 0 bridgehead atoms. The number of rotatable bonds is 2. The quantitative estimate of drug-likeness (QED) is 0.910. The van der Waals surface area contributed by atoms with Crippen molar-refractivity contribution in [3.05, 3.63) is 12.2 Å². The van der Waals surface area contributed by atoms with E-state index in [1.807, 2.05) is 23.4 Å². The van der Waals surface area contributed by atoms with Crippen molar-refractivity contribution in [3.63, 3.8) is 0 Å². The zero-order valence-corrected chi connectivity index (χ0v) is 13.1. The average Bonchev–Trinajstić information content (AvgIpc) is 2.89. The van der Waals surface area contributed by atoms with Crippen LogP contribution < -0.4 is 5.32 Å². The van der Waals surface area contributed by atoms with Crippen LogP contribution in [0.4, 0.5) is 0 Å². The number of hydrogen-bond donors (Lipinski definition) is 1. The van der Waals surface area contributed by atoms with Gasteiger partial charge in [-0.05, 0) is 25.2 Å². The Morgan fingerprint density at radius 2 is 2.15 bits per heavy atom. The highest BCUT2D eigenvalue weighted by Gasteiger charge is 2.35. The van der Waals surface area contributed by atoms with Crippen molar-refractivity contribution < 1.29 is 0 Å². The normalized spacial score (nSPS) is 23.4. The van der Waals surface area contributed by atoms with Crippen LogP contribution in [0, 0.1) is 5.41 Å². The lowest BCUT2D eigenvalue weighted by Crippen LogP contribution is -2.37. The topological polar surface area (TPSA) is 55.1 Å². The molecule has 1 aliphatic carbocycles. The van der Waals surface area contributed by atoms with Crippen LogP contribution in [0.5, 0.6) is 0 Å². The molecule has 1 unspecified atom stereocenters. The summed E-state index contributed by atoms with van der Waals surface area (Å²) in [6, 6.07) is 0.147. The third-order valence-corrected chi connectivity index (χ3v) is 5.74. The van der Waals surface area contributed by atoms with Gasteiger partial charge >= 0.3 is 0 Å². The summed E-state index contributed by atoms with van der Waals surface area (Å²) in [5.74, 6) is 2.16. The molecule has 20 heavy (non-hydrogen) atoms. The van der Waals surface area contributed by atoms with Gasteiger partial charge in [-0.1, -0.05) is 31.0 Å². The highest BCUT2D eigenvalue weighted by molar-refractivity contribution is 8.13. The molecule has 0 saturated heterocycles. The monoisotopic (exact) mass is 293 g/mol. The van der Waals surface area contributed by atoms with Gasteiger partial charge in [0.15, 0.2) is 11.0 Å². The summed E-state index contributed by atoms with van der Waals surface area (Å²) in [5, 5.41) is 12.6. The van der Waals surface area contributed by atoms with E-state index in [2.05, 4.69) is 22.4 Å². The molecule has 2 heterocycles. The van der Waals surface area contributed by atoms with Crippen LogP contribution in [0.15, 0.2) is 11.3 Å². The molecule has 0 aromatic carbocycles. The first-order chi connectivity index (χ1) is 9.69. The minimum Gasteiger partial charge on any atom is -0.355 e. The second-order valence-electron chi connectivity index (χ2n) is 6.14. The Bertz CT molecular complexity index is 490. The van der Waals surface area contributed by atoms with Crippen molar-refractivity contribution >= 4 is 16.9 Å². The summed E-state index contributed by atoms with van der Waals surface area (Å²) in [6.45, 7) is 3.10. The van der Waals surface area contributed by atoms with E-state index in [9.17, 15) is 0 Å². The molecule has 1 aliphatic heterocycles. The summed E-state index contributed by atoms with van der Waals surface area (Å²) in [4.78, 5) is 4.80. The third-order valence-electron chi connectivity index (χ3n) is 4.46. The second-order valence-corrected chi connectivity index (χ2v) is 7.10. The van der Waals surface area contributed by atoms with Crippen LogP contribution in [0.3, 0.4) is 0 Å². The smallest absolute Gasteiger partial charge is 0.157 e. The van der Waals surface area contributed by atoms with E-state index in [4.69, 9.17) is 4.99 Å². The van der Waals surface area contributed by atoms with Crippen molar-refractivity contribution in [1.82, 2.24) is 20.1 Å². The maximum absolute atomic E-state index is 4.80. The third kappa shape index (κ3) is 2.85. The van der Waals surface area contributed by atoms with Gasteiger partial charge in [-0.15, -0.1) is 10.2 Å². The van der Waals surface area contributed by atoms with E-state index in [0.717, 1.165) is 17.5 Å². The Balaban J connectivity index is 1.61. The largest absolute Gasteiger partial charge is 0.355 e.